The molecule has 1 atom stereocenters. The second kappa shape index (κ2) is 9.90. The van der Waals surface area contributed by atoms with Crippen LogP contribution in [0.2, 0.25) is 5.02 Å². The molecular weight excluding hydrogens is 386 g/mol. The normalized spacial score (nSPS) is 16.7. The Labute approximate surface area is 177 Å². The van der Waals surface area contributed by atoms with E-state index >= 15 is 0 Å². The number of nitrogens with zero attached hydrogens (tertiary/aromatic N) is 2. The average molecular weight is 414 g/mol. The van der Waals surface area contributed by atoms with Crippen molar-refractivity contribution in [2.24, 2.45) is 5.92 Å². The minimum atomic E-state index is -0.173. The van der Waals surface area contributed by atoms with Crippen molar-refractivity contribution in [2.75, 3.05) is 27.2 Å². The van der Waals surface area contributed by atoms with Gasteiger partial charge < -0.3 is 15.1 Å². The fraction of sp³-hybridized carbons (Fsp3) is 0.391. The number of likely N-dealkylation sites (tertiary alicyclic amines) is 1. The molecule has 1 heterocycles. The monoisotopic (exact) mass is 413 g/mol. The van der Waals surface area contributed by atoms with E-state index in [9.17, 15) is 9.59 Å². The van der Waals surface area contributed by atoms with Crippen molar-refractivity contribution in [1.82, 2.24) is 15.1 Å². The maximum Gasteiger partial charge on any atom is 0.253 e. The molecule has 0 saturated carbocycles. The number of halogens is 1. The average Bonchev–Trinajstić information content (AvgIpc) is 2.73. The number of nitrogens with one attached hydrogen (secondary N) is 1. The number of amides is 2. The van der Waals surface area contributed by atoms with Gasteiger partial charge in [-0.1, -0.05) is 35.9 Å². The SMILES string of the molecule is CN(C)Cc1ccc(CNC(=O)C2CCCN(C(=O)c3ccc(Cl)cc3)C2)cc1. The maximum absolute atomic E-state index is 12.7. The number of rotatable bonds is 6. The van der Waals surface area contributed by atoms with Crippen molar-refractivity contribution in [3.05, 3.63) is 70.2 Å². The van der Waals surface area contributed by atoms with Crippen molar-refractivity contribution in [2.45, 2.75) is 25.9 Å². The highest BCUT2D eigenvalue weighted by atomic mass is 35.5. The quantitative estimate of drug-likeness (QED) is 0.787. The van der Waals surface area contributed by atoms with Gasteiger partial charge in [0.2, 0.25) is 5.91 Å². The fourth-order valence-corrected chi connectivity index (χ4v) is 3.74. The molecule has 29 heavy (non-hydrogen) atoms. The summed E-state index contributed by atoms with van der Waals surface area (Å²) in [6.07, 6.45) is 1.63. The summed E-state index contributed by atoms with van der Waals surface area (Å²) in [6.45, 7) is 2.53. The molecule has 1 aliphatic heterocycles. The largest absolute Gasteiger partial charge is 0.352 e. The number of hydrogen-bond acceptors (Lipinski definition) is 3. The molecule has 0 bridgehead atoms. The van der Waals surface area contributed by atoms with Crippen LogP contribution in [0, 0.1) is 5.92 Å². The number of hydrogen-bond donors (Lipinski definition) is 1. The van der Waals surface area contributed by atoms with Crippen LogP contribution in [0.4, 0.5) is 0 Å². The van der Waals surface area contributed by atoms with Crippen LogP contribution in [0.1, 0.15) is 34.3 Å². The van der Waals surface area contributed by atoms with E-state index in [1.54, 1.807) is 29.2 Å². The molecule has 1 unspecified atom stereocenters. The molecule has 2 amide bonds. The molecule has 0 radical (unpaired) electrons. The first-order valence-electron chi connectivity index (χ1n) is 9.97. The summed E-state index contributed by atoms with van der Waals surface area (Å²) in [7, 11) is 4.08. The van der Waals surface area contributed by atoms with E-state index in [0.29, 0.717) is 30.2 Å². The van der Waals surface area contributed by atoms with Crippen LogP contribution in [0.5, 0.6) is 0 Å². The topological polar surface area (TPSA) is 52.7 Å². The van der Waals surface area contributed by atoms with Gasteiger partial charge in [0.05, 0.1) is 5.92 Å². The highest BCUT2D eigenvalue weighted by Gasteiger charge is 2.28. The van der Waals surface area contributed by atoms with Crippen LogP contribution in [0.25, 0.3) is 0 Å². The first-order valence-corrected chi connectivity index (χ1v) is 10.4. The molecule has 6 heteroatoms. The lowest BCUT2D eigenvalue weighted by Crippen LogP contribution is -2.45. The molecule has 3 rings (SSSR count). The predicted molar refractivity (Wildman–Crippen MR) is 116 cm³/mol. The van der Waals surface area contributed by atoms with Gasteiger partial charge in [-0.3, -0.25) is 9.59 Å². The Balaban J connectivity index is 1.52. The van der Waals surface area contributed by atoms with E-state index in [-0.39, 0.29) is 17.7 Å². The molecule has 2 aromatic carbocycles. The standard InChI is InChI=1S/C23H28ClN3O2/c1-26(2)15-18-7-5-17(6-8-18)14-25-22(28)20-4-3-13-27(16-20)23(29)19-9-11-21(24)12-10-19/h5-12,20H,3-4,13-16H2,1-2H3,(H,25,28). The van der Waals surface area contributed by atoms with Gasteiger partial charge in [-0.2, -0.15) is 0 Å². The highest BCUT2D eigenvalue weighted by molar-refractivity contribution is 6.30. The molecule has 0 spiro atoms. The molecule has 1 N–H and O–H groups in total. The Morgan fingerprint density at radius 1 is 1.07 bits per heavy atom. The molecule has 5 nitrogen and oxygen atoms in total. The van der Waals surface area contributed by atoms with Gasteiger partial charge in [0, 0.05) is 36.8 Å². The number of benzene rings is 2. The summed E-state index contributed by atoms with van der Waals surface area (Å²) in [5, 5.41) is 3.63. The van der Waals surface area contributed by atoms with Gasteiger partial charge in [0.15, 0.2) is 0 Å². The third-order valence-corrected chi connectivity index (χ3v) is 5.41. The van der Waals surface area contributed by atoms with Gasteiger partial charge >= 0.3 is 0 Å². The zero-order valence-corrected chi connectivity index (χ0v) is 17.8. The van der Waals surface area contributed by atoms with Gasteiger partial charge in [0.1, 0.15) is 0 Å². The molecule has 0 aliphatic carbocycles. The Kier molecular flexibility index (Phi) is 7.29. The second-order valence-corrected chi connectivity index (χ2v) is 8.31. The summed E-state index contributed by atoms with van der Waals surface area (Å²) in [4.78, 5) is 29.3. The van der Waals surface area contributed by atoms with Crippen molar-refractivity contribution in [3.8, 4) is 0 Å². The lowest BCUT2D eigenvalue weighted by Gasteiger charge is -2.32. The van der Waals surface area contributed by atoms with Crippen LogP contribution in [-0.2, 0) is 17.9 Å². The molecule has 1 aliphatic rings. The van der Waals surface area contributed by atoms with Crippen molar-refractivity contribution < 1.29 is 9.59 Å². The first kappa shape index (κ1) is 21.3. The van der Waals surface area contributed by atoms with Crippen molar-refractivity contribution in [3.63, 3.8) is 0 Å². The van der Waals surface area contributed by atoms with E-state index in [1.165, 1.54) is 5.56 Å². The molecular formula is C23H28ClN3O2. The smallest absolute Gasteiger partial charge is 0.253 e. The summed E-state index contributed by atoms with van der Waals surface area (Å²) in [5.74, 6) is -0.209. The van der Waals surface area contributed by atoms with Crippen LogP contribution in [0.3, 0.4) is 0 Å². The van der Waals surface area contributed by atoms with Crippen LogP contribution in [-0.4, -0.2) is 48.8 Å². The Morgan fingerprint density at radius 3 is 2.38 bits per heavy atom. The second-order valence-electron chi connectivity index (χ2n) is 7.87. The van der Waals surface area contributed by atoms with Crippen LogP contribution >= 0.6 is 11.6 Å². The predicted octanol–water partition coefficient (Wildman–Crippen LogP) is 3.57. The summed E-state index contributed by atoms with van der Waals surface area (Å²) in [5.41, 5.74) is 2.92. The van der Waals surface area contributed by atoms with E-state index in [1.807, 2.05) is 14.1 Å². The molecule has 1 saturated heterocycles. The van der Waals surface area contributed by atoms with Crippen LogP contribution in [0.15, 0.2) is 48.5 Å². The van der Waals surface area contributed by atoms with Crippen LogP contribution < -0.4 is 5.32 Å². The molecule has 0 aromatic heterocycles. The van der Waals surface area contributed by atoms with Crippen molar-refractivity contribution in [1.29, 1.82) is 0 Å². The summed E-state index contributed by atoms with van der Waals surface area (Å²) >= 11 is 5.90. The fourth-order valence-electron chi connectivity index (χ4n) is 3.61. The lowest BCUT2D eigenvalue weighted by atomic mass is 9.96. The van der Waals surface area contributed by atoms with Gasteiger partial charge in [-0.05, 0) is 62.3 Å². The van der Waals surface area contributed by atoms with Crippen molar-refractivity contribution >= 4 is 23.4 Å². The van der Waals surface area contributed by atoms with Gasteiger partial charge in [-0.15, -0.1) is 0 Å². The Hall–Kier alpha value is -2.37. The Morgan fingerprint density at radius 2 is 1.72 bits per heavy atom. The van der Waals surface area contributed by atoms with Gasteiger partial charge in [-0.25, -0.2) is 0 Å². The lowest BCUT2D eigenvalue weighted by molar-refractivity contribution is -0.126. The minimum Gasteiger partial charge on any atom is -0.352 e. The summed E-state index contributed by atoms with van der Waals surface area (Å²) < 4.78 is 0. The first-order chi connectivity index (χ1) is 13.9. The number of carbonyl (C=O) groups is 2. The molecule has 154 valence electrons. The maximum atomic E-state index is 12.7. The molecule has 2 aromatic rings. The van der Waals surface area contributed by atoms with E-state index in [0.717, 1.165) is 24.9 Å². The Bertz CT molecular complexity index is 834. The highest BCUT2D eigenvalue weighted by Crippen LogP contribution is 2.20. The van der Waals surface area contributed by atoms with E-state index in [2.05, 4.69) is 34.5 Å². The molecule has 1 fully saturated rings. The van der Waals surface area contributed by atoms with E-state index in [4.69, 9.17) is 11.6 Å². The van der Waals surface area contributed by atoms with E-state index < -0.39 is 0 Å². The number of carbonyl (C=O) groups excluding carboxylic acids is 2. The minimum absolute atomic E-state index is 0.0102. The third kappa shape index (κ3) is 6.05. The third-order valence-electron chi connectivity index (χ3n) is 5.16. The number of piperidine rings is 1. The summed E-state index contributed by atoms with van der Waals surface area (Å²) in [6, 6.07) is 15.2. The zero-order chi connectivity index (χ0) is 20.8. The zero-order valence-electron chi connectivity index (χ0n) is 17.0. The van der Waals surface area contributed by atoms with Gasteiger partial charge in [0.25, 0.3) is 5.91 Å².